The number of hydrogen-bond acceptors (Lipinski definition) is 2. The normalized spacial score (nSPS) is 10.7. The lowest BCUT2D eigenvalue weighted by Gasteiger charge is -2.02. The monoisotopic (exact) mass is 282 g/mol. The van der Waals surface area contributed by atoms with Crippen molar-refractivity contribution < 1.29 is 14.3 Å². The van der Waals surface area contributed by atoms with Gasteiger partial charge in [-0.1, -0.05) is 31.0 Å². The average Bonchev–Trinajstić information content (AvgIpc) is 2.67. The van der Waals surface area contributed by atoms with Gasteiger partial charge in [-0.2, -0.15) is 5.10 Å². The van der Waals surface area contributed by atoms with Crippen LogP contribution >= 0.6 is 11.6 Å². The van der Waals surface area contributed by atoms with E-state index in [1.54, 1.807) is 6.07 Å². The van der Waals surface area contributed by atoms with E-state index in [4.69, 9.17) is 11.6 Å². The molecule has 2 aromatic rings. The maximum atomic E-state index is 13.2. The predicted octanol–water partition coefficient (Wildman–Crippen LogP) is 3.32. The quantitative estimate of drug-likeness (QED) is 0.936. The van der Waals surface area contributed by atoms with Gasteiger partial charge in [-0.05, 0) is 24.6 Å². The second-order valence-corrected chi connectivity index (χ2v) is 4.42. The Hall–Kier alpha value is -1.88. The van der Waals surface area contributed by atoms with Crippen LogP contribution in [0.25, 0.3) is 5.69 Å². The van der Waals surface area contributed by atoms with E-state index in [-0.39, 0.29) is 10.7 Å². The highest BCUT2D eigenvalue weighted by Crippen LogP contribution is 2.25. The van der Waals surface area contributed by atoms with Gasteiger partial charge in [0.05, 0.1) is 11.4 Å². The summed E-state index contributed by atoms with van der Waals surface area (Å²) in [5.74, 6) is -1.56. The molecule has 1 heterocycles. The molecule has 1 aromatic heterocycles. The Morgan fingerprint density at radius 3 is 2.84 bits per heavy atom. The van der Waals surface area contributed by atoms with Crippen molar-refractivity contribution in [2.75, 3.05) is 0 Å². The van der Waals surface area contributed by atoms with Crippen LogP contribution in [-0.2, 0) is 6.42 Å². The van der Waals surface area contributed by atoms with E-state index >= 15 is 0 Å². The van der Waals surface area contributed by atoms with Gasteiger partial charge in [0, 0.05) is 0 Å². The number of aromatic nitrogens is 2. The Labute approximate surface area is 114 Å². The van der Waals surface area contributed by atoms with Gasteiger partial charge in [0.1, 0.15) is 16.5 Å². The lowest BCUT2D eigenvalue weighted by molar-refractivity contribution is 0.0696. The van der Waals surface area contributed by atoms with Crippen LogP contribution in [0.2, 0.25) is 5.15 Å². The first-order valence-electron chi connectivity index (χ1n) is 5.81. The number of hydrogen-bond donors (Lipinski definition) is 1. The summed E-state index contributed by atoms with van der Waals surface area (Å²) in [4.78, 5) is 11.2. The van der Waals surface area contributed by atoms with E-state index in [9.17, 15) is 14.3 Å². The van der Waals surface area contributed by atoms with Crippen LogP contribution in [0.15, 0.2) is 24.3 Å². The van der Waals surface area contributed by atoms with E-state index in [1.165, 1.54) is 22.9 Å². The van der Waals surface area contributed by atoms with Gasteiger partial charge < -0.3 is 5.11 Å². The molecule has 0 spiro atoms. The molecule has 4 nitrogen and oxygen atoms in total. The number of aromatic carboxylic acids is 1. The molecule has 0 saturated heterocycles. The second kappa shape index (κ2) is 5.40. The van der Waals surface area contributed by atoms with Gasteiger partial charge in [0.25, 0.3) is 0 Å². The van der Waals surface area contributed by atoms with Crippen molar-refractivity contribution in [2.45, 2.75) is 19.8 Å². The molecule has 0 unspecified atom stereocenters. The fourth-order valence-electron chi connectivity index (χ4n) is 1.84. The molecular weight excluding hydrogens is 271 g/mol. The fourth-order valence-corrected chi connectivity index (χ4v) is 2.17. The molecular formula is C13H12ClFN2O2. The van der Waals surface area contributed by atoms with Crippen molar-refractivity contribution in [3.8, 4) is 5.69 Å². The van der Waals surface area contributed by atoms with Crippen LogP contribution in [-0.4, -0.2) is 20.9 Å². The van der Waals surface area contributed by atoms with E-state index in [2.05, 4.69) is 5.10 Å². The third kappa shape index (κ3) is 2.61. The molecule has 0 aliphatic heterocycles. The molecule has 0 atom stereocenters. The second-order valence-electron chi connectivity index (χ2n) is 4.06. The minimum Gasteiger partial charge on any atom is -0.478 e. The van der Waals surface area contributed by atoms with Gasteiger partial charge in [0.2, 0.25) is 0 Å². The third-order valence-corrected chi connectivity index (χ3v) is 3.00. The Morgan fingerprint density at radius 2 is 2.26 bits per heavy atom. The van der Waals surface area contributed by atoms with Crippen molar-refractivity contribution in [1.29, 1.82) is 0 Å². The summed E-state index contributed by atoms with van der Waals surface area (Å²) in [7, 11) is 0. The molecule has 6 heteroatoms. The summed E-state index contributed by atoms with van der Waals surface area (Å²) in [5, 5.41) is 13.3. The Balaban J connectivity index is 2.59. The SMILES string of the molecule is CCCc1nn(-c2cccc(F)c2)c(Cl)c1C(=O)O. The summed E-state index contributed by atoms with van der Waals surface area (Å²) in [6.45, 7) is 1.92. The van der Waals surface area contributed by atoms with Crippen molar-refractivity contribution >= 4 is 17.6 Å². The minimum atomic E-state index is -1.13. The number of halogens is 2. The Kier molecular flexibility index (Phi) is 3.85. The van der Waals surface area contributed by atoms with Crippen LogP contribution in [0.4, 0.5) is 4.39 Å². The lowest BCUT2D eigenvalue weighted by Crippen LogP contribution is -2.00. The van der Waals surface area contributed by atoms with Gasteiger partial charge in [0.15, 0.2) is 0 Å². The summed E-state index contributed by atoms with van der Waals surface area (Å²) in [6.07, 6.45) is 1.25. The number of aryl methyl sites for hydroxylation is 1. The number of carboxylic acid groups (broad SMARTS) is 1. The molecule has 100 valence electrons. The third-order valence-electron chi connectivity index (χ3n) is 2.65. The van der Waals surface area contributed by atoms with Crippen LogP contribution in [0.1, 0.15) is 29.4 Å². The molecule has 0 amide bonds. The van der Waals surface area contributed by atoms with Gasteiger partial charge >= 0.3 is 5.97 Å². The van der Waals surface area contributed by atoms with E-state index < -0.39 is 11.8 Å². The zero-order chi connectivity index (χ0) is 14.0. The van der Waals surface area contributed by atoms with Crippen molar-refractivity contribution in [1.82, 2.24) is 9.78 Å². The van der Waals surface area contributed by atoms with Crippen LogP contribution < -0.4 is 0 Å². The minimum absolute atomic E-state index is 0.0125. The van der Waals surface area contributed by atoms with Crippen molar-refractivity contribution in [3.63, 3.8) is 0 Å². The Morgan fingerprint density at radius 1 is 1.53 bits per heavy atom. The summed E-state index contributed by atoms with van der Waals surface area (Å²) in [6, 6.07) is 5.68. The molecule has 2 rings (SSSR count). The van der Waals surface area contributed by atoms with E-state index in [1.807, 2.05) is 6.92 Å². The smallest absolute Gasteiger partial charge is 0.340 e. The summed E-state index contributed by atoms with van der Waals surface area (Å²) in [5.41, 5.74) is 0.784. The average molecular weight is 283 g/mol. The molecule has 0 radical (unpaired) electrons. The first-order valence-corrected chi connectivity index (χ1v) is 6.19. The molecule has 1 N–H and O–H groups in total. The first-order chi connectivity index (χ1) is 9.04. The van der Waals surface area contributed by atoms with Gasteiger partial charge in [-0.25, -0.2) is 13.9 Å². The predicted molar refractivity (Wildman–Crippen MR) is 69.5 cm³/mol. The molecule has 0 saturated carbocycles. The highest BCUT2D eigenvalue weighted by atomic mass is 35.5. The number of carbonyl (C=O) groups is 1. The lowest BCUT2D eigenvalue weighted by atomic mass is 10.2. The fraction of sp³-hybridized carbons (Fsp3) is 0.231. The molecule has 1 aromatic carbocycles. The van der Waals surface area contributed by atoms with Crippen LogP contribution in [0.3, 0.4) is 0 Å². The van der Waals surface area contributed by atoms with Gasteiger partial charge in [-0.3, -0.25) is 0 Å². The van der Waals surface area contributed by atoms with Crippen LogP contribution in [0, 0.1) is 5.82 Å². The van der Waals surface area contributed by atoms with Crippen LogP contribution in [0.5, 0.6) is 0 Å². The van der Waals surface area contributed by atoms with E-state index in [0.717, 1.165) is 6.42 Å². The topological polar surface area (TPSA) is 55.1 Å². The molecule has 19 heavy (non-hydrogen) atoms. The summed E-state index contributed by atoms with van der Waals surface area (Å²) >= 11 is 6.04. The van der Waals surface area contributed by atoms with Crippen molar-refractivity contribution in [2.24, 2.45) is 0 Å². The molecule has 0 aliphatic rings. The van der Waals surface area contributed by atoms with Crippen molar-refractivity contribution in [3.05, 3.63) is 46.5 Å². The largest absolute Gasteiger partial charge is 0.478 e. The number of nitrogens with zero attached hydrogens (tertiary/aromatic N) is 2. The summed E-state index contributed by atoms with van der Waals surface area (Å²) < 4.78 is 14.4. The number of benzene rings is 1. The highest BCUT2D eigenvalue weighted by molar-refractivity contribution is 6.32. The van der Waals surface area contributed by atoms with E-state index in [0.29, 0.717) is 17.8 Å². The molecule has 0 aliphatic carbocycles. The molecule has 0 fully saturated rings. The van der Waals surface area contributed by atoms with Gasteiger partial charge in [-0.15, -0.1) is 0 Å². The number of carboxylic acids is 1. The maximum Gasteiger partial charge on any atom is 0.340 e. The zero-order valence-corrected chi connectivity index (χ0v) is 11.0. The zero-order valence-electron chi connectivity index (χ0n) is 10.2. The standard InChI is InChI=1S/C13H12ClFN2O2/c1-2-4-10-11(13(18)19)12(14)17(16-10)9-6-3-5-8(15)7-9/h3,5-7H,2,4H2,1H3,(H,18,19). The number of rotatable bonds is 4. The maximum absolute atomic E-state index is 13.2. The highest BCUT2D eigenvalue weighted by Gasteiger charge is 2.22. The first kappa shape index (κ1) is 13.5. The molecule has 0 bridgehead atoms. The Bertz CT molecular complexity index is 625.